The summed E-state index contributed by atoms with van der Waals surface area (Å²) in [6.07, 6.45) is 0. The summed E-state index contributed by atoms with van der Waals surface area (Å²) in [6.45, 7) is 4.35. The van der Waals surface area contributed by atoms with Crippen molar-refractivity contribution in [1.82, 2.24) is 4.90 Å². The minimum absolute atomic E-state index is 0.141. The number of hydrogen-bond acceptors (Lipinski definition) is 4. The molecule has 32 heavy (non-hydrogen) atoms. The summed E-state index contributed by atoms with van der Waals surface area (Å²) in [7, 11) is 3.30. The van der Waals surface area contributed by atoms with E-state index in [2.05, 4.69) is 5.32 Å². The zero-order chi connectivity index (χ0) is 23.1. The highest BCUT2D eigenvalue weighted by molar-refractivity contribution is 6.04. The molecule has 3 aromatic carbocycles. The first-order valence-corrected chi connectivity index (χ1v) is 10.5. The first kappa shape index (κ1) is 22.9. The van der Waals surface area contributed by atoms with Crippen LogP contribution in [0.3, 0.4) is 0 Å². The molecule has 0 heterocycles. The van der Waals surface area contributed by atoms with E-state index in [0.29, 0.717) is 34.9 Å². The van der Waals surface area contributed by atoms with Gasteiger partial charge in [0.05, 0.1) is 19.8 Å². The summed E-state index contributed by atoms with van der Waals surface area (Å²) in [4.78, 5) is 27.2. The van der Waals surface area contributed by atoms with Crippen molar-refractivity contribution in [2.75, 3.05) is 26.1 Å². The lowest BCUT2D eigenvalue weighted by Crippen LogP contribution is -2.29. The fourth-order valence-corrected chi connectivity index (χ4v) is 3.35. The Morgan fingerprint density at radius 2 is 1.69 bits per heavy atom. The highest BCUT2D eigenvalue weighted by Gasteiger charge is 2.21. The minimum Gasteiger partial charge on any atom is -0.493 e. The first-order chi connectivity index (χ1) is 15.4. The molecule has 0 saturated carbocycles. The van der Waals surface area contributed by atoms with Crippen molar-refractivity contribution >= 4 is 17.5 Å². The number of nitrogens with zero attached hydrogens (tertiary/aromatic N) is 1. The Kier molecular flexibility index (Phi) is 7.49. The quantitative estimate of drug-likeness (QED) is 0.533. The van der Waals surface area contributed by atoms with E-state index < -0.39 is 0 Å². The Morgan fingerprint density at radius 3 is 2.38 bits per heavy atom. The smallest absolute Gasteiger partial charge is 0.255 e. The molecule has 166 valence electrons. The summed E-state index contributed by atoms with van der Waals surface area (Å²) in [5.74, 6) is 0.798. The summed E-state index contributed by atoms with van der Waals surface area (Å²) in [5, 5.41) is 2.91. The zero-order valence-corrected chi connectivity index (χ0v) is 18.8. The molecule has 1 atom stereocenters. The summed E-state index contributed by atoms with van der Waals surface area (Å²) < 4.78 is 10.9. The number of nitrogens with one attached hydrogen (secondary N) is 1. The van der Waals surface area contributed by atoms with Crippen LogP contribution in [-0.2, 0) is 0 Å². The average molecular weight is 433 g/mol. The number of anilines is 1. The number of carbonyl (C=O) groups is 2. The lowest BCUT2D eigenvalue weighted by Gasteiger charge is -2.26. The van der Waals surface area contributed by atoms with Gasteiger partial charge in [0.15, 0.2) is 11.5 Å². The minimum atomic E-state index is -0.214. The molecule has 2 amide bonds. The Balaban J connectivity index is 1.75. The van der Waals surface area contributed by atoms with E-state index in [0.717, 1.165) is 5.56 Å². The molecule has 0 saturated heterocycles. The Bertz CT molecular complexity index is 1080. The number of benzene rings is 3. The lowest BCUT2D eigenvalue weighted by atomic mass is 10.0. The second-order valence-electron chi connectivity index (χ2n) is 7.34. The predicted octanol–water partition coefficient (Wildman–Crippen LogP) is 5.18. The van der Waals surface area contributed by atoms with Crippen LogP contribution in [0.1, 0.15) is 46.2 Å². The Hall–Kier alpha value is -3.80. The number of hydrogen-bond donors (Lipinski definition) is 1. The second-order valence-corrected chi connectivity index (χ2v) is 7.34. The van der Waals surface area contributed by atoms with Crippen LogP contribution in [0.25, 0.3) is 0 Å². The van der Waals surface area contributed by atoms with Crippen molar-refractivity contribution in [2.45, 2.75) is 19.9 Å². The van der Waals surface area contributed by atoms with Gasteiger partial charge in [0.25, 0.3) is 11.8 Å². The summed E-state index contributed by atoms with van der Waals surface area (Å²) >= 11 is 0. The highest BCUT2D eigenvalue weighted by atomic mass is 16.5. The third-order valence-electron chi connectivity index (χ3n) is 5.27. The van der Waals surface area contributed by atoms with E-state index in [-0.39, 0.29) is 17.9 Å². The number of ether oxygens (including phenoxy) is 2. The van der Waals surface area contributed by atoms with Gasteiger partial charge in [0, 0.05) is 23.9 Å². The SMILES string of the molecule is CCOc1ccc(C(=O)N(C)[C@H](C)c2cccc(NC(=O)c3ccccc3)c2)cc1OC. The topological polar surface area (TPSA) is 67.9 Å². The first-order valence-electron chi connectivity index (χ1n) is 10.5. The van der Waals surface area contributed by atoms with E-state index >= 15 is 0 Å². The molecular weight excluding hydrogens is 404 g/mol. The maximum atomic E-state index is 13.1. The van der Waals surface area contributed by atoms with E-state index in [9.17, 15) is 9.59 Å². The highest BCUT2D eigenvalue weighted by Crippen LogP contribution is 2.30. The van der Waals surface area contributed by atoms with Crippen LogP contribution in [0, 0.1) is 0 Å². The van der Waals surface area contributed by atoms with Gasteiger partial charge in [-0.3, -0.25) is 9.59 Å². The van der Waals surface area contributed by atoms with Gasteiger partial charge in [-0.1, -0.05) is 30.3 Å². The molecule has 0 spiro atoms. The third kappa shape index (κ3) is 5.27. The van der Waals surface area contributed by atoms with Crippen LogP contribution in [0.4, 0.5) is 5.69 Å². The van der Waals surface area contributed by atoms with Gasteiger partial charge in [0.1, 0.15) is 0 Å². The van der Waals surface area contributed by atoms with Crippen molar-refractivity contribution in [2.24, 2.45) is 0 Å². The molecule has 0 aliphatic heterocycles. The molecule has 6 heteroatoms. The monoisotopic (exact) mass is 432 g/mol. The van der Waals surface area contributed by atoms with Gasteiger partial charge >= 0.3 is 0 Å². The maximum absolute atomic E-state index is 13.1. The Morgan fingerprint density at radius 1 is 0.938 bits per heavy atom. The van der Waals surface area contributed by atoms with Crippen molar-refractivity contribution < 1.29 is 19.1 Å². The molecule has 0 radical (unpaired) electrons. The molecule has 0 bridgehead atoms. The fraction of sp³-hybridized carbons (Fsp3) is 0.231. The van der Waals surface area contributed by atoms with Crippen LogP contribution in [0.15, 0.2) is 72.8 Å². The standard InChI is InChI=1S/C26H28N2O4/c1-5-32-23-15-14-21(17-24(23)31-4)26(30)28(3)18(2)20-12-9-13-22(16-20)27-25(29)19-10-7-6-8-11-19/h6-18H,5H2,1-4H3,(H,27,29)/t18-/m1/s1. The van der Waals surface area contributed by atoms with Gasteiger partial charge in [-0.05, 0) is 61.9 Å². The molecule has 1 N–H and O–H groups in total. The van der Waals surface area contributed by atoms with Crippen LogP contribution >= 0.6 is 0 Å². The molecule has 0 aliphatic carbocycles. The van der Waals surface area contributed by atoms with Crippen molar-refractivity contribution in [3.05, 3.63) is 89.5 Å². The molecule has 3 rings (SSSR count). The number of rotatable bonds is 8. The third-order valence-corrected chi connectivity index (χ3v) is 5.27. The van der Waals surface area contributed by atoms with Gasteiger partial charge in [-0.25, -0.2) is 0 Å². The molecule has 3 aromatic rings. The van der Waals surface area contributed by atoms with Crippen LogP contribution < -0.4 is 14.8 Å². The molecule has 0 aromatic heterocycles. The van der Waals surface area contributed by atoms with E-state index in [1.54, 1.807) is 49.4 Å². The molecule has 6 nitrogen and oxygen atoms in total. The van der Waals surface area contributed by atoms with Crippen LogP contribution in [0.2, 0.25) is 0 Å². The fourth-order valence-electron chi connectivity index (χ4n) is 3.35. The second kappa shape index (κ2) is 10.5. The van der Waals surface area contributed by atoms with Gasteiger partial charge in [0.2, 0.25) is 0 Å². The molecular formula is C26H28N2O4. The maximum Gasteiger partial charge on any atom is 0.255 e. The van der Waals surface area contributed by atoms with Crippen LogP contribution in [-0.4, -0.2) is 37.5 Å². The molecule has 0 unspecified atom stereocenters. The average Bonchev–Trinajstić information content (AvgIpc) is 2.83. The van der Waals surface area contributed by atoms with Gasteiger partial charge in [-0.15, -0.1) is 0 Å². The van der Waals surface area contributed by atoms with Crippen molar-refractivity contribution in [3.8, 4) is 11.5 Å². The largest absolute Gasteiger partial charge is 0.493 e. The number of methoxy groups -OCH3 is 1. The predicted molar refractivity (Wildman–Crippen MR) is 126 cm³/mol. The summed E-state index contributed by atoms with van der Waals surface area (Å²) in [6, 6.07) is 21.5. The number of carbonyl (C=O) groups excluding carboxylic acids is 2. The molecule has 0 aliphatic rings. The summed E-state index contributed by atoms with van der Waals surface area (Å²) in [5.41, 5.74) is 2.67. The lowest BCUT2D eigenvalue weighted by molar-refractivity contribution is 0.0742. The molecule has 0 fully saturated rings. The van der Waals surface area contributed by atoms with Gasteiger partial charge < -0.3 is 19.7 Å². The normalized spacial score (nSPS) is 11.4. The Labute approximate surface area is 188 Å². The number of amides is 2. The van der Waals surface area contributed by atoms with Gasteiger partial charge in [-0.2, -0.15) is 0 Å². The van der Waals surface area contributed by atoms with Crippen molar-refractivity contribution in [1.29, 1.82) is 0 Å². The van der Waals surface area contributed by atoms with Crippen LogP contribution in [0.5, 0.6) is 11.5 Å². The van der Waals surface area contributed by atoms with Crippen molar-refractivity contribution in [3.63, 3.8) is 0 Å². The zero-order valence-electron chi connectivity index (χ0n) is 18.8. The van der Waals surface area contributed by atoms with E-state index in [1.165, 1.54) is 0 Å². The van der Waals surface area contributed by atoms with E-state index in [4.69, 9.17) is 9.47 Å². The van der Waals surface area contributed by atoms with E-state index in [1.807, 2.05) is 56.3 Å².